The van der Waals surface area contributed by atoms with Gasteiger partial charge < -0.3 is 30.7 Å². The van der Waals surface area contributed by atoms with Gasteiger partial charge in [0.2, 0.25) is 17.7 Å². The maximum Gasteiger partial charge on any atom is 0.251 e. The Hall–Kier alpha value is -5.37. The smallest absolute Gasteiger partial charge is 0.251 e. The van der Waals surface area contributed by atoms with Crippen LogP contribution in [-0.4, -0.2) is 124 Å². The largest absolute Gasteiger partial charge is 0.489 e. The molecule has 4 aliphatic rings. The van der Waals surface area contributed by atoms with Crippen molar-refractivity contribution in [2.24, 2.45) is 16.2 Å². The maximum atomic E-state index is 14.4. The number of hydrogen-bond donors (Lipinski definition) is 4. The van der Waals surface area contributed by atoms with E-state index in [-0.39, 0.29) is 72.2 Å². The van der Waals surface area contributed by atoms with E-state index < -0.39 is 23.6 Å². The van der Waals surface area contributed by atoms with Crippen molar-refractivity contribution >= 4 is 46.6 Å². The van der Waals surface area contributed by atoms with Gasteiger partial charge in [-0.2, -0.15) is 5.26 Å². The highest BCUT2D eigenvalue weighted by atomic mass is 35.5. The first-order valence-electron chi connectivity index (χ1n) is 25.4. The zero-order valence-corrected chi connectivity index (χ0v) is 44.7. The average Bonchev–Trinajstić information content (AvgIpc) is 4.02. The van der Waals surface area contributed by atoms with Crippen LogP contribution in [0.5, 0.6) is 5.75 Å². The second-order valence-corrected chi connectivity index (χ2v) is 24.1. The number of ether oxygens (including phenoxy) is 1. The number of piperazine rings is 1. The van der Waals surface area contributed by atoms with E-state index >= 15 is 0 Å². The van der Waals surface area contributed by atoms with Gasteiger partial charge in [-0.1, -0.05) is 96.5 Å². The molecule has 4 fully saturated rings. The molecular weight excluding hydrogens is 948 g/mol. The van der Waals surface area contributed by atoms with Crippen molar-refractivity contribution in [2.45, 2.75) is 143 Å². The third-order valence-electron chi connectivity index (χ3n) is 15.7. The molecule has 0 unspecified atom stereocenters. The fourth-order valence-corrected chi connectivity index (χ4v) is 13.1. The number of carbonyl (C=O) groups excluding carboxylic acids is 4. The number of β-amino-alcohol motifs (C(OH)–C–C–N with tert-alkyl or cyclic N) is 1. The molecule has 2 bridgehead atoms. The van der Waals surface area contributed by atoms with Gasteiger partial charge >= 0.3 is 0 Å². The lowest BCUT2D eigenvalue weighted by molar-refractivity contribution is -0.164. The number of nitriles is 1. The molecule has 3 saturated heterocycles. The summed E-state index contributed by atoms with van der Waals surface area (Å²) >= 11 is 7.86. The first kappa shape index (κ1) is 52.9. The second kappa shape index (κ2) is 21.2. The zero-order valence-electron chi connectivity index (χ0n) is 43.1. The SMILES string of the molecule is Cc1ncsc1-c1ccc([C@H](C)NC(=O)[C@@H]2C[C@@H](O)CN2C(=O)[C@@H](NC(=O)CN2C[C@@H]3CC[C@@H](C2)N3CCCc2ccc(C(=O)N[C@H]3C(C)(C)[C@H](Oc4ccc(C#N)c(Cl)c4)C3(C)C)cc2)C(C)(C)C)cc1. The minimum Gasteiger partial charge on any atom is -0.489 e. The summed E-state index contributed by atoms with van der Waals surface area (Å²) in [6.45, 7) is 20.6. The van der Waals surface area contributed by atoms with Crippen molar-refractivity contribution in [3.8, 4) is 22.3 Å². The lowest BCUT2D eigenvalue weighted by Gasteiger charge is -2.63. The van der Waals surface area contributed by atoms with E-state index in [0.29, 0.717) is 34.0 Å². The van der Waals surface area contributed by atoms with Crippen LogP contribution in [0.25, 0.3) is 10.4 Å². The van der Waals surface area contributed by atoms with E-state index in [2.05, 4.69) is 64.5 Å². The summed E-state index contributed by atoms with van der Waals surface area (Å²) in [7, 11) is 0. The topological polar surface area (TPSA) is 180 Å². The standard InChI is InChI=1S/C56H71ClN8O6S/c1-33(36-16-18-37(19-17-36)47-34(2)59-32-72-47)60-50(69)45-25-42(66)30-65(45)51(70)48(54(3,4)5)61-46(67)31-63-28-40-21-22-41(29-63)64(40)24-10-11-35-12-14-38(15-13-35)49(68)62-52-55(6,7)53(56(52,8)9)71-43-23-20-39(27-58)44(57)26-43/h12-20,23,26,32-33,40-42,45,48,52-53,66H,10-11,21-22,24-25,28-31H2,1-9H3,(H,60,69)(H,61,67)(H,62,68)/t33-,40-,41-,42+,45-,48+,52-,53-/m0/s1. The van der Waals surface area contributed by atoms with E-state index in [1.165, 1.54) is 10.5 Å². The Morgan fingerprint density at radius 3 is 2.22 bits per heavy atom. The number of aliphatic hydroxyl groups is 1. The summed E-state index contributed by atoms with van der Waals surface area (Å²) in [5.74, 6) is -0.476. The molecule has 3 aliphatic heterocycles. The summed E-state index contributed by atoms with van der Waals surface area (Å²) < 4.78 is 6.40. The average molecular weight is 1020 g/mol. The number of rotatable bonds is 16. The molecule has 6 atom stereocenters. The number of thiazole rings is 1. The fraction of sp³-hybridized carbons (Fsp3) is 0.536. The predicted octanol–water partition coefficient (Wildman–Crippen LogP) is 7.71. The van der Waals surface area contributed by atoms with E-state index in [0.717, 1.165) is 67.0 Å². The Bertz CT molecular complexity index is 2650. The van der Waals surface area contributed by atoms with Crippen molar-refractivity contribution in [2.75, 3.05) is 32.7 Å². The van der Waals surface area contributed by atoms with Crippen LogP contribution in [0.1, 0.15) is 120 Å². The van der Waals surface area contributed by atoms with E-state index in [1.54, 1.807) is 29.5 Å². The van der Waals surface area contributed by atoms with Crippen molar-refractivity contribution in [3.63, 3.8) is 0 Å². The number of carbonyl (C=O) groups is 4. The molecule has 0 radical (unpaired) electrons. The Morgan fingerprint density at radius 2 is 1.62 bits per heavy atom. The normalized spacial score (nSPS) is 24.4. The van der Waals surface area contributed by atoms with E-state index in [9.17, 15) is 29.5 Å². The highest BCUT2D eigenvalue weighted by Gasteiger charge is 2.64. The van der Waals surface area contributed by atoms with Gasteiger partial charge in [-0.3, -0.25) is 29.0 Å². The van der Waals surface area contributed by atoms with Crippen LogP contribution in [0.4, 0.5) is 0 Å². The van der Waals surface area contributed by atoms with Gasteiger partial charge in [0.1, 0.15) is 30.0 Å². The summed E-state index contributed by atoms with van der Waals surface area (Å²) in [6, 6.07) is 21.5. The zero-order chi connectivity index (χ0) is 51.9. The highest BCUT2D eigenvalue weighted by molar-refractivity contribution is 7.13. The number of halogens is 1. The van der Waals surface area contributed by atoms with Gasteiger partial charge in [0.25, 0.3) is 5.91 Å². The molecular formula is C56H71ClN8O6S. The Morgan fingerprint density at radius 1 is 0.958 bits per heavy atom. The van der Waals surface area contributed by atoms with Gasteiger partial charge in [0.15, 0.2) is 0 Å². The van der Waals surface area contributed by atoms with Crippen LogP contribution in [0.3, 0.4) is 0 Å². The van der Waals surface area contributed by atoms with Crippen LogP contribution in [-0.2, 0) is 20.8 Å². The summed E-state index contributed by atoms with van der Waals surface area (Å²) in [4.78, 5) is 67.2. The molecule has 4 amide bonds. The van der Waals surface area contributed by atoms with E-state index in [1.807, 2.05) is 88.7 Å². The molecule has 4 heterocycles. The molecule has 4 aromatic rings. The number of aliphatic hydroxyl groups excluding tert-OH is 1. The van der Waals surface area contributed by atoms with Crippen LogP contribution >= 0.6 is 22.9 Å². The first-order chi connectivity index (χ1) is 34.0. The van der Waals surface area contributed by atoms with Crippen molar-refractivity contribution < 1.29 is 29.0 Å². The summed E-state index contributed by atoms with van der Waals surface area (Å²) in [5.41, 5.74) is 5.56. The minimum absolute atomic E-state index is 0.0143. The second-order valence-electron chi connectivity index (χ2n) is 22.8. The van der Waals surface area contributed by atoms with Crippen molar-refractivity contribution in [3.05, 3.63) is 105 Å². The Balaban J connectivity index is 0.789. The minimum atomic E-state index is -0.898. The number of aromatic nitrogens is 1. The molecule has 8 rings (SSSR count). The molecule has 1 aromatic heterocycles. The molecule has 0 spiro atoms. The number of amides is 4. The number of aryl methyl sites for hydroxylation is 2. The maximum absolute atomic E-state index is 14.4. The Kier molecular flexibility index (Phi) is 15.6. The van der Waals surface area contributed by atoms with Crippen LogP contribution in [0.15, 0.2) is 72.2 Å². The quantitative estimate of drug-likeness (QED) is 0.0869. The molecule has 384 valence electrons. The molecule has 1 aliphatic carbocycles. The molecule has 16 heteroatoms. The third-order valence-corrected chi connectivity index (χ3v) is 17.0. The molecule has 4 N–H and O–H groups in total. The summed E-state index contributed by atoms with van der Waals surface area (Å²) in [5, 5.41) is 29.8. The van der Waals surface area contributed by atoms with Crippen LogP contribution < -0.4 is 20.7 Å². The fourth-order valence-electron chi connectivity index (χ4n) is 12.1. The molecule has 3 aromatic carbocycles. The lowest BCUT2D eigenvalue weighted by Crippen LogP contribution is -2.74. The number of fused-ring (bicyclic) bond motifs is 2. The third kappa shape index (κ3) is 11.2. The predicted molar refractivity (Wildman–Crippen MR) is 280 cm³/mol. The number of likely N-dealkylation sites (tertiary alicyclic amines) is 2. The lowest BCUT2D eigenvalue weighted by atomic mass is 9.49. The molecule has 1 saturated carbocycles. The van der Waals surface area contributed by atoms with Gasteiger partial charge in [-0.05, 0) is 92.4 Å². The Labute approximate surface area is 433 Å². The van der Waals surface area contributed by atoms with Gasteiger partial charge in [0, 0.05) is 66.6 Å². The van der Waals surface area contributed by atoms with Gasteiger partial charge in [0.05, 0.1) is 45.4 Å². The van der Waals surface area contributed by atoms with Crippen LogP contribution in [0, 0.1) is 34.5 Å². The monoisotopic (exact) mass is 1020 g/mol. The van der Waals surface area contributed by atoms with Gasteiger partial charge in [-0.25, -0.2) is 4.98 Å². The molecule has 14 nitrogen and oxygen atoms in total. The number of nitrogens with zero attached hydrogens (tertiary/aromatic N) is 5. The first-order valence-corrected chi connectivity index (χ1v) is 26.6. The summed E-state index contributed by atoms with van der Waals surface area (Å²) in [6.07, 6.45) is 3.05. The van der Waals surface area contributed by atoms with Crippen molar-refractivity contribution in [1.82, 2.24) is 35.6 Å². The van der Waals surface area contributed by atoms with Crippen LogP contribution in [0.2, 0.25) is 5.02 Å². The number of benzene rings is 3. The van der Waals surface area contributed by atoms with E-state index in [4.69, 9.17) is 16.3 Å². The molecule has 72 heavy (non-hydrogen) atoms. The highest BCUT2D eigenvalue weighted by Crippen LogP contribution is 2.55. The van der Waals surface area contributed by atoms with Gasteiger partial charge in [-0.15, -0.1) is 11.3 Å². The van der Waals surface area contributed by atoms with Crippen molar-refractivity contribution in [1.29, 1.82) is 5.26 Å². The number of nitrogens with one attached hydrogen (secondary N) is 3. The number of hydrogen-bond acceptors (Lipinski definition) is 11.